The van der Waals surface area contributed by atoms with Gasteiger partial charge < -0.3 is 5.32 Å². The number of rotatable bonds is 4. The van der Waals surface area contributed by atoms with Gasteiger partial charge in [-0.25, -0.2) is 0 Å². The Kier molecular flexibility index (Phi) is 2.36. The zero-order valence-electron chi connectivity index (χ0n) is 8.33. The van der Waals surface area contributed by atoms with E-state index in [-0.39, 0.29) is 0 Å². The third kappa shape index (κ3) is 2.31. The van der Waals surface area contributed by atoms with Crippen LogP contribution in [-0.4, -0.2) is 15.8 Å². The highest BCUT2D eigenvalue weighted by atomic mass is 15.2. The van der Waals surface area contributed by atoms with E-state index in [9.17, 15) is 0 Å². The van der Waals surface area contributed by atoms with E-state index in [4.69, 9.17) is 0 Å². The summed E-state index contributed by atoms with van der Waals surface area (Å²) in [4.78, 5) is 0. The largest absolute Gasteiger partial charge is 0.310 e. The molecule has 1 saturated carbocycles. The van der Waals surface area contributed by atoms with Crippen molar-refractivity contribution in [2.24, 2.45) is 13.0 Å². The van der Waals surface area contributed by atoms with Crippen LogP contribution in [0, 0.1) is 5.92 Å². The van der Waals surface area contributed by atoms with Crippen LogP contribution in [0.15, 0.2) is 12.4 Å². The molecule has 0 radical (unpaired) electrons. The van der Waals surface area contributed by atoms with Crippen molar-refractivity contribution in [3.8, 4) is 0 Å². The van der Waals surface area contributed by atoms with Gasteiger partial charge in [0.2, 0.25) is 0 Å². The van der Waals surface area contributed by atoms with Gasteiger partial charge in [-0.15, -0.1) is 0 Å². The van der Waals surface area contributed by atoms with Crippen molar-refractivity contribution < 1.29 is 0 Å². The predicted octanol–water partition coefficient (Wildman–Crippen LogP) is 1.31. The number of aromatic nitrogens is 2. The molecule has 1 aromatic rings. The molecule has 3 nitrogen and oxygen atoms in total. The normalized spacial score (nSPS) is 18.9. The summed E-state index contributed by atoms with van der Waals surface area (Å²) in [5.74, 6) is 0.927. The molecule has 1 N–H and O–H groups in total. The first-order valence-electron chi connectivity index (χ1n) is 4.96. The predicted molar refractivity (Wildman–Crippen MR) is 52.2 cm³/mol. The summed E-state index contributed by atoms with van der Waals surface area (Å²) in [6.07, 6.45) is 6.79. The van der Waals surface area contributed by atoms with E-state index in [1.807, 2.05) is 17.9 Å². The molecule has 0 amide bonds. The van der Waals surface area contributed by atoms with Gasteiger partial charge in [-0.3, -0.25) is 4.68 Å². The molecule has 1 fully saturated rings. The molecule has 0 aromatic carbocycles. The minimum Gasteiger partial charge on any atom is -0.310 e. The topological polar surface area (TPSA) is 29.9 Å². The van der Waals surface area contributed by atoms with Gasteiger partial charge in [-0.1, -0.05) is 0 Å². The monoisotopic (exact) mass is 179 g/mol. The Morgan fingerprint density at radius 1 is 1.69 bits per heavy atom. The lowest BCUT2D eigenvalue weighted by molar-refractivity contribution is 0.496. The molecule has 2 rings (SSSR count). The van der Waals surface area contributed by atoms with Gasteiger partial charge >= 0.3 is 0 Å². The lowest BCUT2D eigenvalue weighted by atomic mass is 10.2. The average Bonchev–Trinajstić information content (AvgIpc) is 2.87. The minimum atomic E-state index is 0.667. The quantitative estimate of drug-likeness (QED) is 0.755. The van der Waals surface area contributed by atoms with Crippen LogP contribution in [0.4, 0.5) is 0 Å². The lowest BCUT2D eigenvalue weighted by Crippen LogP contribution is -2.27. The van der Waals surface area contributed by atoms with E-state index in [1.54, 1.807) is 0 Å². The molecule has 1 aromatic heterocycles. The van der Waals surface area contributed by atoms with Crippen molar-refractivity contribution in [2.45, 2.75) is 32.4 Å². The van der Waals surface area contributed by atoms with Crippen LogP contribution < -0.4 is 5.32 Å². The molecular weight excluding hydrogens is 162 g/mol. The van der Waals surface area contributed by atoms with Crippen molar-refractivity contribution in [3.05, 3.63) is 18.0 Å². The molecule has 3 heteroatoms. The minimum absolute atomic E-state index is 0.667. The van der Waals surface area contributed by atoms with Crippen LogP contribution in [0.3, 0.4) is 0 Å². The van der Waals surface area contributed by atoms with Crippen LogP contribution in [0.1, 0.15) is 25.3 Å². The molecule has 0 bridgehead atoms. The maximum atomic E-state index is 4.13. The van der Waals surface area contributed by atoms with E-state index >= 15 is 0 Å². The van der Waals surface area contributed by atoms with Gasteiger partial charge in [-0.05, 0) is 25.7 Å². The van der Waals surface area contributed by atoms with Crippen molar-refractivity contribution in [1.82, 2.24) is 15.1 Å². The molecule has 1 unspecified atom stereocenters. The third-order valence-corrected chi connectivity index (χ3v) is 2.72. The number of nitrogens with one attached hydrogen (secondary N) is 1. The summed E-state index contributed by atoms with van der Waals surface area (Å²) in [6.45, 7) is 3.22. The van der Waals surface area contributed by atoms with E-state index < -0.39 is 0 Å². The van der Waals surface area contributed by atoms with Crippen LogP contribution >= 0.6 is 0 Å². The zero-order chi connectivity index (χ0) is 9.26. The third-order valence-electron chi connectivity index (χ3n) is 2.72. The maximum Gasteiger partial charge on any atom is 0.0534 e. The van der Waals surface area contributed by atoms with Crippen LogP contribution in [0.2, 0.25) is 0 Å². The maximum absolute atomic E-state index is 4.13. The highest BCUT2D eigenvalue weighted by Crippen LogP contribution is 2.32. The fourth-order valence-electron chi connectivity index (χ4n) is 1.60. The van der Waals surface area contributed by atoms with Crippen molar-refractivity contribution in [2.75, 3.05) is 0 Å². The first kappa shape index (κ1) is 8.75. The smallest absolute Gasteiger partial charge is 0.0534 e. The van der Waals surface area contributed by atoms with Crippen LogP contribution in [0.25, 0.3) is 0 Å². The summed E-state index contributed by atoms with van der Waals surface area (Å²) >= 11 is 0. The molecule has 1 aliphatic rings. The Labute approximate surface area is 79.1 Å². The fraction of sp³-hybridized carbons (Fsp3) is 0.700. The van der Waals surface area contributed by atoms with Crippen molar-refractivity contribution in [1.29, 1.82) is 0 Å². The summed E-state index contributed by atoms with van der Waals surface area (Å²) in [5, 5.41) is 7.65. The molecule has 1 aliphatic carbocycles. The Hall–Kier alpha value is -0.830. The Bertz CT molecular complexity index is 275. The second-order valence-electron chi connectivity index (χ2n) is 4.03. The second-order valence-corrected chi connectivity index (χ2v) is 4.03. The number of aryl methyl sites for hydroxylation is 1. The Morgan fingerprint density at radius 2 is 2.46 bits per heavy atom. The van der Waals surface area contributed by atoms with Crippen LogP contribution in [-0.2, 0) is 13.6 Å². The molecular formula is C10H17N3. The van der Waals surface area contributed by atoms with E-state index in [2.05, 4.69) is 23.5 Å². The van der Waals surface area contributed by atoms with Gasteiger partial charge in [0.05, 0.1) is 6.20 Å². The average molecular weight is 179 g/mol. The van der Waals surface area contributed by atoms with E-state index in [0.717, 1.165) is 12.5 Å². The zero-order valence-corrected chi connectivity index (χ0v) is 8.33. The standard InChI is InChI=1S/C10H17N3/c1-8(10-3-4-10)11-5-9-6-12-13(2)7-9/h6-8,10-11H,3-5H2,1-2H3. The van der Waals surface area contributed by atoms with E-state index in [1.165, 1.54) is 18.4 Å². The van der Waals surface area contributed by atoms with Gasteiger partial charge in [-0.2, -0.15) is 5.10 Å². The van der Waals surface area contributed by atoms with Gasteiger partial charge in [0.25, 0.3) is 0 Å². The first-order valence-corrected chi connectivity index (χ1v) is 4.96. The summed E-state index contributed by atoms with van der Waals surface area (Å²) < 4.78 is 1.85. The Balaban J connectivity index is 1.78. The Morgan fingerprint density at radius 3 is 3.00 bits per heavy atom. The lowest BCUT2D eigenvalue weighted by Gasteiger charge is -2.10. The van der Waals surface area contributed by atoms with Gasteiger partial charge in [0, 0.05) is 31.4 Å². The van der Waals surface area contributed by atoms with Crippen LogP contribution in [0.5, 0.6) is 0 Å². The van der Waals surface area contributed by atoms with Crippen molar-refractivity contribution >= 4 is 0 Å². The van der Waals surface area contributed by atoms with Gasteiger partial charge in [0.15, 0.2) is 0 Å². The number of nitrogens with zero attached hydrogens (tertiary/aromatic N) is 2. The second kappa shape index (κ2) is 3.50. The molecule has 0 saturated heterocycles. The van der Waals surface area contributed by atoms with E-state index in [0.29, 0.717) is 6.04 Å². The molecule has 1 atom stereocenters. The summed E-state index contributed by atoms with van der Waals surface area (Å²) in [7, 11) is 1.95. The highest BCUT2D eigenvalue weighted by Gasteiger charge is 2.27. The van der Waals surface area contributed by atoms with Gasteiger partial charge in [0.1, 0.15) is 0 Å². The molecule has 13 heavy (non-hydrogen) atoms. The molecule has 72 valence electrons. The molecule has 0 spiro atoms. The first-order chi connectivity index (χ1) is 6.25. The number of hydrogen-bond acceptors (Lipinski definition) is 2. The number of hydrogen-bond donors (Lipinski definition) is 1. The summed E-state index contributed by atoms with van der Waals surface area (Å²) in [6, 6.07) is 0.667. The van der Waals surface area contributed by atoms with Crippen molar-refractivity contribution in [3.63, 3.8) is 0 Å². The highest BCUT2D eigenvalue weighted by molar-refractivity contribution is 5.03. The molecule has 1 heterocycles. The SMILES string of the molecule is CC(NCc1cnn(C)c1)C1CC1. The summed E-state index contributed by atoms with van der Waals surface area (Å²) in [5.41, 5.74) is 1.27. The molecule has 0 aliphatic heterocycles. The fourth-order valence-corrected chi connectivity index (χ4v) is 1.60.